The fourth-order valence-corrected chi connectivity index (χ4v) is 4.96. The van der Waals surface area contributed by atoms with Crippen LogP contribution in [0.4, 0.5) is 5.69 Å². The van der Waals surface area contributed by atoms with Crippen LogP contribution in [0.2, 0.25) is 0 Å². The zero-order valence-electron chi connectivity index (χ0n) is 19.9. The maximum Gasteiger partial charge on any atom is 0.270 e. The van der Waals surface area contributed by atoms with E-state index in [-0.39, 0.29) is 5.91 Å². The minimum atomic E-state index is -0.151. The molecule has 0 saturated carbocycles. The smallest absolute Gasteiger partial charge is 0.270 e. The van der Waals surface area contributed by atoms with Crippen molar-refractivity contribution in [2.45, 2.75) is 20.3 Å². The third kappa shape index (κ3) is 5.69. The lowest BCUT2D eigenvalue weighted by Crippen LogP contribution is -2.27. The first kappa shape index (κ1) is 24.8. The Hall–Kier alpha value is -3.29. The molecule has 1 heterocycles. The van der Waals surface area contributed by atoms with Crippen LogP contribution in [0, 0.1) is 13.8 Å². The molecule has 0 radical (unpaired) electrons. The fourth-order valence-electron chi connectivity index (χ4n) is 3.67. The van der Waals surface area contributed by atoms with Crippen LogP contribution in [0.5, 0.6) is 17.2 Å². The van der Waals surface area contributed by atoms with Crippen molar-refractivity contribution in [2.75, 3.05) is 25.2 Å². The van der Waals surface area contributed by atoms with Gasteiger partial charge in [-0.15, -0.1) is 0 Å². The molecule has 0 atom stereocenters. The predicted octanol–water partition coefficient (Wildman–Crippen LogP) is 6.57. The molecule has 0 bridgehead atoms. The highest BCUT2D eigenvalue weighted by molar-refractivity contribution is 8.27. The number of rotatable bonds is 9. The molecule has 1 aliphatic rings. The number of carbonyl (C=O) groups excluding carboxylic acids is 1. The molecule has 0 aliphatic carbocycles. The van der Waals surface area contributed by atoms with E-state index in [1.807, 2.05) is 66.7 Å². The molecule has 5 nitrogen and oxygen atoms in total. The molecule has 0 aromatic heterocycles. The first-order chi connectivity index (χ1) is 17.0. The van der Waals surface area contributed by atoms with Gasteiger partial charge in [0.1, 0.15) is 5.75 Å². The summed E-state index contributed by atoms with van der Waals surface area (Å²) in [5, 5.41) is 0. The first-order valence-electron chi connectivity index (χ1n) is 11.3. The molecule has 7 heteroatoms. The molecule has 1 fully saturated rings. The van der Waals surface area contributed by atoms with Gasteiger partial charge in [-0.25, -0.2) is 0 Å². The number of thioether (sulfide) groups is 1. The highest BCUT2D eigenvalue weighted by Gasteiger charge is 2.33. The van der Waals surface area contributed by atoms with Gasteiger partial charge in [0.05, 0.1) is 30.9 Å². The Morgan fingerprint density at radius 1 is 0.914 bits per heavy atom. The molecule has 3 aromatic rings. The number of methoxy groups -OCH3 is 1. The number of thiocarbonyl (C=S) groups is 1. The lowest BCUT2D eigenvalue weighted by molar-refractivity contribution is -0.113. The van der Waals surface area contributed by atoms with Crippen molar-refractivity contribution >= 4 is 46.0 Å². The van der Waals surface area contributed by atoms with Crippen molar-refractivity contribution in [3.05, 3.63) is 88.3 Å². The van der Waals surface area contributed by atoms with Gasteiger partial charge in [-0.2, -0.15) is 0 Å². The highest BCUT2D eigenvalue weighted by atomic mass is 32.2. The van der Waals surface area contributed by atoms with E-state index in [0.29, 0.717) is 40.4 Å². The number of amides is 1. The van der Waals surface area contributed by atoms with E-state index in [4.69, 9.17) is 26.4 Å². The number of ether oxygens (including phenoxy) is 3. The minimum absolute atomic E-state index is 0.151. The standard InChI is InChI=1S/C28H27NO4S2/c1-19-10-7-14-23(20(19)2)32-16-9-17-33-26-21(11-8-15-24(26)31-3)18-25-27(30)29(28(34)35-25)22-12-5-4-6-13-22/h4-8,10-15,18H,9,16-17H2,1-3H3. The van der Waals surface area contributed by atoms with Gasteiger partial charge >= 0.3 is 0 Å². The maximum atomic E-state index is 13.1. The van der Waals surface area contributed by atoms with Crippen LogP contribution in [-0.4, -0.2) is 30.6 Å². The number of anilines is 1. The third-order valence-electron chi connectivity index (χ3n) is 5.67. The largest absolute Gasteiger partial charge is 0.493 e. The van der Waals surface area contributed by atoms with E-state index in [0.717, 1.165) is 22.6 Å². The molecule has 0 spiro atoms. The van der Waals surface area contributed by atoms with Crippen molar-refractivity contribution in [1.82, 2.24) is 0 Å². The van der Waals surface area contributed by atoms with Crippen LogP contribution in [0.3, 0.4) is 0 Å². The summed E-state index contributed by atoms with van der Waals surface area (Å²) in [7, 11) is 1.60. The number of hydrogen-bond donors (Lipinski definition) is 0. The second kappa shape index (κ2) is 11.4. The normalized spacial score (nSPS) is 14.5. The quantitative estimate of drug-likeness (QED) is 0.186. The molecule has 1 amide bonds. The average Bonchev–Trinajstić information content (AvgIpc) is 3.15. The number of aryl methyl sites for hydroxylation is 1. The summed E-state index contributed by atoms with van der Waals surface area (Å²) in [6, 6.07) is 21.1. The minimum Gasteiger partial charge on any atom is -0.493 e. The Morgan fingerprint density at radius 2 is 1.63 bits per heavy atom. The van der Waals surface area contributed by atoms with Crippen LogP contribution in [0.25, 0.3) is 6.08 Å². The highest BCUT2D eigenvalue weighted by Crippen LogP contribution is 2.39. The van der Waals surface area contributed by atoms with Gasteiger partial charge in [0.2, 0.25) is 0 Å². The van der Waals surface area contributed by atoms with Gasteiger partial charge in [-0.3, -0.25) is 9.69 Å². The van der Waals surface area contributed by atoms with Gasteiger partial charge in [-0.05, 0) is 55.3 Å². The second-order valence-corrected chi connectivity index (χ2v) is 9.66. The summed E-state index contributed by atoms with van der Waals surface area (Å²) in [5.41, 5.74) is 3.86. The monoisotopic (exact) mass is 505 g/mol. The van der Waals surface area contributed by atoms with Crippen LogP contribution in [0.15, 0.2) is 71.6 Å². The Kier molecular flexibility index (Phi) is 8.10. The maximum absolute atomic E-state index is 13.1. The zero-order valence-corrected chi connectivity index (χ0v) is 21.6. The first-order valence-corrected chi connectivity index (χ1v) is 12.5. The topological polar surface area (TPSA) is 48.0 Å². The summed E-state index contributed by atoms with van der Waals surface area (Å²) >= 11 is 6.77. The van der Waals surface area contributed by atoms with Crippen molar-refractivity contribution in [1.29, 1.82) is 0 Å². The van der Waals surface area contributed by atoms with E-state index >= 15 is 0 Å². The van der Waals surface area contributed by atoms with Crippen molar-refractivity contribution in [3.8, 4) is 17.2 Å². The molecule has 180 valence electrons. The van der Waals surface area contributed by atoms with Gasteiger partial charge in [-0.1, -0.05) is 66.4 Å². The van der Waals surface area contributed by atoms with Gasteiger partial charge in [0, 0.05) is 12.0 Å². The lowest BCUT2D eigenvalue weighted by Gasteiger charge is -2.15. The van der Waals surface area contributed by atoms with Crippen LogP contribution in [-0.2, 0) is 4.79 Å². The Labute approximate surface area is 215 Å². The third-order valence-corrected chi connectivity index (χ3v) is 6.97. The molecule has 1 saturated heterocycles. The SMILES string of the molecule is COc1cccc(C=C2SC(=S)N(c3ccccc3)C2=O)c1OCCCOc1cccc(C)c1C. The van der Waals surface area contributed by atoms with Crippen molar-refractivity contribution < 1.29 is 19.0 Å². The average molecular weight is 506 g/mol. The molecular formula is C28H27NO4S2. The van der Waals surface area contributed by atoms with E-state index in [2.05, 4.69) is 19.9 Å². The molecule has 4 rings (SSSR count). The molecular weight excluding hydrogens is 478 g/mol. The molecule has 35 heavy (non-hydrogen) atoms. The lowest BCUT2D eigenvalue weighted by atomic mass is 10.1. The number of carbonyl (C=O) groups is 1. The Balaban J connectivity index is 1.46. The van der Waals surface area contributed by atoms with Crippen LogP contribution < -0.4 is 19.1 Å². The van der Waals surface area contributed by atoms with E-state index < -0.39 is 0 Å². The summed E-state index contributed by atoms with van der Waals surface area (Å²) in [5.74, 6) is 1.93. The summed E-state index contributed by atoms with van der Waals surface area (Å²) in [4.78, 5) is 15.2. The Bertz CT molecular complexity index is 1260. The number of nitrogens with zero attached hydrogens (tertiary/aromatic N) is 1. The molecule has 1 aliphatic heterocycles. The summed E-state index contributed by atoms with van der Waals surface area (Å²) in [6.07, 6.45) is 2.51. The van der Waals surface area contributed by atoms with Crippen LogP contribution >= 0.6 is 24.0 Å². The van der Waals surface area contributed by atoms with Crippen LogP contribution in [0.1, 0.15) is 23.1 Å². The predicted molar refractivity (Wildman–Crippen MR) is 147 cm³/mol. The van der Waals surface area contributed by atoms with Gasteiger partial charge in [0.25, 0.3) is 5.91 Å². The van der Waals surface area contributed by atoms with E-state index in [1.165, 1.54) is 17.3 Å². The molecule has 0 unspecified atom stereocenters. The molecule has 3 aromatic carbocycles. The summed E-state index contributed by atoms with van der Waals surface area (Å²) < 4.78 is 18.1. The number of hydrogen-bond acceptors (Lipinski definition) is 6. The van der Waals surface area contributed by atoms with Gasteiger partial charge in [0.15, 0.2) is 15.8 Å². The van der Waals surface area contributed by atoms with Crippen molar-refractivity contribution in [2.24, 2.45) is 0 Å². The second-order valence-electron chi connectivity index (χ2n) is 7.98. The zero-order chi connectivity index (χ0) is 24.8. The van der Waals surface area contributed by atoms with E-state index in [9.17, 15) is 4.79 Å². The Morgan fingerprint density at radius 3 is 2.40 bits per heavy atom. The van der Waals surface area contributed by atoms with Crippen molar-refractivity contribution in [3.63, 3.8) is 0 Å². The number of benzene rings is 3. The van der Waals surface area contributed by atoms with E-state index in [1.54, 1.807) is 12.0 Å². The fraction of sp³-hybridized carbons (Fsp3) is 0.214. The number of para-hydroxylation sites is 2. The molecule has 0 N–H and O–H groups in total. The van der Waals surface area contributed by atoms with Gasteiger partial charge < -0.3 is 14.2 Å². The summed E-state index contributed by atoms with van der Waals surface area (Å²) in [6.45, 7) is 5.10.